The number of carbonyl (C=O) groups excluding carboxylic acids is 1. The predicted molar refractivity (Wildman–Crippen MR) is 135 cm³/mol. The Morgan fingerprint density at radius 3 is 2.71 bits per heavy atom. The van der Waals surface area contributed by atoms with Crippen LogP contribution in [0, 0.1) is 0 Å². The van der Waals surface area contributed by atoms with Crippen molar-refractivity contribution in [1.82, 2.24) is 14.5 Å². The van der Waals surface area contributed by atoms with Crippen LogP contribution >= 0.6 is 0 Å². The van der Waals surface area contributed by atoms with Crippen LogP contribution in [0.15, 0.2) is 67.0 Å². The quantitative estimate of drug-likeness (QED) is 0.334. The Bertz CT molecular complexity index is 1300. The molecule has 1 amide bonds. The summed E-state index contributed by atoms with van der Waals surface area (Å²) in [6.07, 6.45) is 7.76. The number of rotatable bonds is 7. The van der Waals surface area contributed by atoms with Crippen molar-refractivity contribution in [2.75, 3.05) is 10.6 Å². The fourth-order valence-corrected chi connectivity index (χ4v) is 4.56. The van der Waals surface area contributed by atoms with Crippen LogP contribution in [0.5, 0.6) is 0 Å². The monoisotopic (exact) mass is 455 g/mol. The third kappa shape index (κ3) is 4.72. The fraction of sp³-hybridized carbons (Fsp3) is 0.269. The van der Waals surface area contributed by atoms with Gasteiger partial charge in [-0.15, -0.1) is 0 Å². The molecule has 2 heterocycles. The standard InChI is InChI=1S/C26H29N7O/c27-21-8-4-5-9-22(21)31-26-29-15-20(24(28)34)25(32-26)30-19-10-11-23-18(14-19)12-13-33(23)16-17-6-2-1-3-7-17/h1-3,6-7,10-15,21-22H,4-5,8-9,16,27H2,(H2,28,34)(H2,29,30,31,32)/t21-,22+/m0/s1. The molecule has 1 aliphatic rings. The second-order valence-electron chi connectivity index (χ2n) is 8.85. The Kier molecular flexibility index (Phi) is 6.14. The summed E-state index contributed by atoms with van der Waals surface area (Å²) in [5.74, 6) is 0.223. The van der Waals surface area contributed by atoms with Crippen molar-refractivity contribution >= 4 is 34.3 Å². The van der Waals surface area contributed by atoms with Crippen LogP contribution in [0.1, 0.15) is 41.6 Å². The summed E-state index contributed by atoms with van der Waals surface area (Å²) in [6.45, 7) is 0.799. The van der Waals surface area contributed by atoms with Crippen LogP contribution in [-0.4, -0.2) is 32.5 Å². The molecular weight excluding hydrogens is 426 g/mol. The van der Waals surface area contributed by atoms with Crippen LogP contribution in [0.25, 0.3) is 10.9 Å². The van der Waals surface area contributed by atoms with Crippen LogP contribution in [0.4, 0.5) is 17.5 Å². The van der Waals surface area contributed by atoms with Crippen LogP contribution in [0.3, 0.4) is 0 Å². The van der Waals surface area contributed by atoms with Gasteiger partial charge in [-0.25, -0.2) is 4.98 Å². The summed E-state index contributed by atoms with van der Waals surface area (Å²) in [6, 6.07) is 18.7. The lowest BCUT2D eigenvalue weighted by Crippen LogP contribution is -2.43. The molecule has 0 spiro atoms. The normalized spacial score (nSPS) is 18.0. The molecular formula is C26H29N7O. The highest BCUT2D eigenvalue weighted by Gasteiger charge is 2.23. The summed E-state index contributed by atoms with van der Waals surface area (Å²) in [7, 11) is 0. The van der Waals surface area contributed by atoms with Crippen LogP contribution in [0.2, 0.25) is 0 Å². The lowest BCUT2D eigenvalue weighted by Gasteiger charge is -2.29. The van der Waals surface area contributed by atoms with E-state index in [1.807, 2.05) is 30.3 Å². The minimum Gasteiger partial charge on any atom is -0.365 e. The first-order valence-electron chi connectivity index (χ1n) is 11.7. The van der Waals surface area contributed by atoms with Crippen molar-refractivity contribution in [3.8, 4) is 0 Å². The van der Waals surface area contributed by atoms with Gasteiger partial charge in [0, 0.05) is 47.6 Å². The van der Waals surface area contributed by atoms with Crippen molar-refractivity contribution in [1.29, 1.82) is 0 Å². The number of hydrogen-bond acceptors (Lipinski definition) is 6. The summed E-state index contributed by atoms with van der Waals surface area (Å²) in [5.41, 5.74) is 15.3. The number of hydrogen-bond donors (Lipinski definition) is 4. The van der Waals surface area contributed by atoms with Gasteiger partial charge in [-0.2, -0.15) is 4.98 Å². The molecule has 8 nitrogen and oxygen atoms in total. The molecule has 1 fully saturated rings. The second kappa shape index (κ2) is 9.52. The molecule has 0 saturated heterocycles. The largest absolute Gasteiger partial charge is 0.365 e. The Hall–Kier alpha value is -3.91. The smallest absolute Gasteiger partial charge is 0.254 e. The lowest BCUT2D eigenvalue weighted by molar-refractivity contribution is 0.100. The Morgan fingerprint density at radius 2 is 1.91 bits per heavy atom. The molecule has 4 aromatic rings. The minimum atomic E-state index is -0.585. The van der Waals surface area contributed by atoms with Gasteiger partial charge >= 0.3 is 0 Å². The number of primary amides is 1. The number of nitrogens with one attached hydrogen (secondary N) is 2. The Balaban J connectivity index is 1.39. The molecule has 1 saturated carbocycles. The van der Waals surface area contributed by atoms with Crippen molar-refractivity contribution in [3.05, 3.63) is 78.1 Å². The molecule has 6 N–H and O–H groups in total. The summed E-state index contributed by atoms with van der Waals surface area (Å²) in [4.78, 5) is 20.9. The average molecular weight is 456 g/mol. The molecule has 0 unspecified atom stereocenters. The summed E-state index contributed by atoms with van der Waals surface area (Å²) >= 11 is 0. The van der Waals surface area contributed by atoms with E-state index < -0.39 is 5.91 Å². The summed E-state index contributed by atoms with van der Waals surface area (Å²) in [5, 5.41) is 7.68. The maximum absolute atomic E-state index is 12.0. The van der Waals surface area contributed by atoms with E-state index in [0.29, 0.717) is 11.8 Å². The molecule has 0 bridgehead atoms. The number of benzene rings is 2. The molecule has 174 valence electrons. The van der Waals surface area contributed by atoms with Gasteiger partial charge in [0.2, 0.25) is 5.95 Å². The van der Waals surface area contributed by atoms with E-state index in [1.54, 1.807) is 0 Å². The number of amides is 1. The van der Waals surface area contributed by atoms with E-state index in [9.17, 15) is 4.79 Å². The first kappa shape index (κ1) is 21.9. The number of nitrogens with two attached hydrogens (primary N) is 2. The van der Waals surface area contributed by atoms with Gasteiger partial charge in [0.25, 0.3) is 5.91 Å². The highest BCUT2D eigenvalue weighted by atomic mass is 16.1. The third-order valence-corrected chi connectivity index (χ3v) is 6.42. The van der Waals surface area contributed by atoms with Gasteiger partial charge in [-0.05, 0) is 42.7 Å². The van der Waals surface area contributed by atoms with Gasteiger partial charge in [0.15, 0.2) is 0 Å². The topological polar surface area (TPSA) is 124 Å². The Morgan fingerprint density at radius 1 is 1.09 bits per heavy atom. The molecule has 8 heteroatoms. The highest BCUT2D eigenvalue weighted by Crippen LogP contribution is 2.26. The first-order valence-corrected chi connectivity index (χ1v) is 11.7. The first-order chi connectivity index (χ1) is 16.6. The second-order valence-corrected chi connectivity index (χ2v) is 8.85. The van der Waals surface area contributed by atoms with Gasteiger partial charge in [0.1, 0.15) is 11.4 Å². The maximum atomic E-state index is 12.0. The summed E-state index contributed by atoms with van der Waals surface area (Å²) < 4.78 is 2.21. The number of anilines is 3. The molecule has 1 aliphatic carbocycles. The molecule has 34 heavy (non-hydrogen) atoms. The average Bonchev–Trinajstić information content (AvgIpc) is 3.23. The molecule has 0 aliphatic heterocycles. The van der Waals surface area contributed by atoms with Crippen molar-refractivity contribution in [2.24, 2.45) is 11.5 Å². The molecule has 2 atom stereocenters. The number of nitrogens with zero attached hydrogens (tertiary/aromatic N) is 3. The molecule has 0 radical (unpaired) electrons. The van der Waals surface area contributed by atoms with E-state index in [4.69, 9.17) is 11.5 Å². The van der Waals surface area contributed by atoms with Crippen LogP contribution < -0.4 is 22.1 Å². The molecule has 2 aromatic heterocycles. The van der Waals surface area contributed by atoms with Gasteiger partial charge in [-0.3, -0.25) is 4.79 Å². The SMILES string of the molecule is NC(=O)c1cnc(N[C@@H]2CCCC[C@@H]2N)nc1Nc1ccc2c(ccn2Cc2ccccc2)c1. The highest BCUT2D eigenvalue weighted by molar-refractivity contribution is 5.98. The zero-order valence-corrected chi connectivity index (χ0v) is 18.9. The fourth-order valence-electron chi connectivity index (χ4n) is 4.56. The van der Waals surface area contributed by atoms with E-state index >= 15 is 0 Å². The van der Waals surface area contributed by atoms with E-state index in [2.05, 4.69) is 55.6 Å². The number of aromatic nitrogens is 3. The van der Waals surface area contributed by atoms with Crippen molar-refractivity contribution in [3.63, 3.8) is 0 Å². The lowest BCUT2D eigenvalue weighted by atomic mass is 9.91. The van der Waals surface area contributed by atoms with Crippen molar-refractivity contribution in [2.45, 2.75) is 44.3 Å². The van der Waals surface area contributed by atoms with E-state index in [1.165, 1.54) is 11.8 Å². The Labute approximate surface area is 198 Å². The number of fused-ring (bicyclic) bond motifs is 1. The van der Waals surface area contributed by atoms with Gasteiger partial charge in [0.05, 0.1) is 0 Å². The van der Waals surface area contributed by atoms with Gasteiger partial charge in [-0.1, -0.05) is 43.2 Å². The predicted octanol–water partition coefficient (Wildman–Crippen LogP) is 4.00. The molecule has 2 aromatic carbocycles. The van der Waals surface area contributed by atoms with Crippen molar-refractivity contribution < 1.29 is 4.79 Å². The van der Waals surface area contributed by atoms with Crippen LogP contribution in [-0.2, 0) is 6.54 Å². The van der Waals surface area contributed by atoms with Gasteiger partial charge < -0.3 is 26.7 Å². The van der Waals surface area contributed by atoms with E-state index in [-0.39, 0.29) is 17.6 Å². The van der Waals surface area contributed by atoms with E-state index in [0.717, 1.165) is 48.8 Å². The zero-order valence-electron chi connectivity index (χ0n) is 18.9. The maximum Gasteiger partial charge on any atom is 0.254 e. The number of carbonyl (C=O) groups is 1. The molecule has 5 rings (SSSR count). The minimum absolute atomic E-state index is 0.0620. The zero-order chi connectivity index (χ0) is 23.5. The third-order valence-electron chi connectivity index (χ3n) is 6.42.